The third kappa shape index (κ3) is 8.32. The molecular formula is C17H34IN5O. The molecule has 0 bridgehead atoms. The van der Waals surface area contributed by atoms with Crippen LogP contribution in [0.3, 0.4) is 0 Å². The van der Waals surface area contributed by atoms with E-state index in [1.54, 1.807) is 0 Å². The number of hydrogen-bond acceptors (Lipinski definition) is 4. The summed E-state index contributed by atoms with van der Waals surface area (Å²) in [6.07, 6.45) is 1.71. The van der Waals surface area contributed by atoms with Crippen LogP contribution in [0.1, 0.15) is 58.6 Å². The second-order valence-electron chi connectivity index (χ2n) is 6.54. The van der Waals surface area contributed by atoms with Crippen molar-refractivity contribution >= 4 is 29.9 Å². The second-order valence-corrected chi connectivity index (χ2v) is 6.54. The average Bonchev–Trinajstić information content (AvgIpc) is 2.89. The van der Waals surface area contributed by atoms with Gasteiger partial charge in [0.1, 0.15) is 5.76 Å². The number of halogens is 1. The average molecular weight is 451 g/mol. The van der Waals surface area contributed by atoms with E-state index in [0.29, 0.717) is 6.54 Å². The molecule has 1 aromatic heterocycles. The Morgan fingerprint density at radius 1 is 1.08 bits per heavy atom. The Balaban J connectivity index is 0.00000529. The lowest BCUT2D eigenvalue weighted by atomic mass is 10.1. The van der Waals surface area contributed by atoms with E-state index in [1.807, 2.05) is 0 Å². The highest BCUT2D eigenvalue weighted by Crippen LogP contribution is 2.16. The van der Waals surface area contributed by atoms with Crippen LogP contribution in [0.15, 0.2) is 9.52 Å². The van der Waals surface area contributed by atoms with Crippen molar-refractivity contribution in [2.24, 2.45) is 4.99 Å². The zero-order chi connectivity index (χ0) is 17.3. The molecule has 0 unspecified atom stereocenters. The van der Waals surface area contributed by atoms with Gasteiger partial charge in [0, 0.05) is 37.2 Å². The summed E-state index contributed by atoms with van der Waals surface area (Å²) < 4.78 is 5.39. The Labute approximate surface area is 163 Å². The van der Waals surface area contributed by atoms with Crippen LogP contribution >= 0.6 is 24.0 Å². The molecule has 0 saturated carbocycles. The first-order valence-electron chi connectivity index (χ1n) is 8.64. The van der Waals surface area contributed by atoms with Gasteiger partial charge in [0.2, 0.25) is 0 Å². The second kappa shape index (κ2) is 11.7. The maximum Gasteiger partial charge on any atom is 0.191 e. The fourth-order valence-corrected chi connectivity index (χ4v) is 2.23. The zero-order valence-electron chi connectivity index (χ0n) is 16.0. The highest BCUT2D eigenvalue weighted by Gasteiger charge is 2.13. The van der Waals surface area contributed by atoms with E-state index >= 15 is 0 Å². The molecule has 0 atom stereocenters. The molecule has 0 fully saturated rings. The predicted octanol–water partition coefficient (Wildman–Crippen LogP) is 2.86. The molecule has 0 aliphatic rings. The number of aliphatic imine (C=N–C) groups is 1. The normalized spacial score (nSPS) is 12.0. The largest absolute Gasteiger partial charge is 0.361 e. The number of rotatable bonds is 8. The molecule has 140 valence electrons. The van der Waals surface area contributed by atoms with Crippen molar-refractivity contribution in [2.45, 2.75) is 66.5 Å². The van der Waals surface area contributed by atoms with E-state index in [4.69, 9.17) is 4.52 Å². The zero-order valence-corrected chi connectivity index (χ0v) is 18.3. The maximum atomic E-state index is 5.39. The van der Waals surface area contributed by atoms with Gasteiger partial charge in [-0.2, -0.15) is 0 Å². The van der Waals surface area contributed by atoms with Crippen LogP contribution in [-0.2, 0) is 19.4 Å². The minimum absolute atomic E-state index is 0. The molecule has 7 heteroatoms. The fraction of sp³-hybridized carbons (Fsp3) is 0.765. The first-order valence-corrected chi connectivity index (χ1v) is 8.64. The van der Waals surface area contributed by atoms with Crippen LogP contribution in [0.2, 0.25) is 0 Å². The van der Waals surface area contributed by atoms with E-state index in [1.165, 1.54) is 0 Å². The van der Waals surface area contributed by atoms with Gasteiger partial charge in [-0.25, -0.2) is 4.99 Å². The SMILES string of the molecule is CCNC(=NCc1c(CC)noc1CC)NCCNC(C)(C)C.I. The third-order valence-electron chi connectivity index (χ3n) is 3.42. The molecule has 3 N–H and O–H groups in total. The van der Waals surface area contributed by atoms with E-state index in [-0.39, 0.29) is 29.5 Å². The molecule has 0 spiro atoms. The van der Waals surface area contributed by atoms with Gasteiger partial charge in [-0.3, -0.25) is 0 Å². The van der Waals surface area contributed by atoms with Gasteiger partial charge in [-0.15, -0.1) is 24.0 Å². The van der Waals surface area contributed by atoms with E-state index in [0.717, 1.165) is 55.5 Å². The van der Waals surface area contributed by atoms with Crippen molar-refractivity contribution in [3.63, 3.8) is 0 Å². The van der Waals surface area contributed by atoms with Crippen molar-refractivity contribution in [2.75, 3.05) is 19.6 Å². The molecule has 0 saturated heterocycles. The standard InChI is InChI=1S/C17H33N5O.HI/c1-7-14-13(15(8-2)23-22-14)12-20-16(18-9-3)19-10-11-21-17(4,5)6;/h21H,7-12H2,1-6H3,(H2,18,19,20);1H. The molecule has 0 aliphatic carbocycles. The first kappa shape index (κ1) is 23.2. The summed E-state index contributed by atoms with van der Waals surface area (Å²) in [6, 6.07) is 0. The lowest BCUT2D eigenvalue weighted by Gasteiger charge is -2.21. The van der Waals surface area contributed by atoms with Crippen molar-refractivity contribution < 1.29 is 4.52 Å². The quantitative estimate of drug-likeness (QED) is 0.245. The smallest absolute Gasteiger partial charge is 0.191 e. The predicted molar refractivity (Wildman–Crippen MR) is 111 cm³/mol. The Morgan fingerprint density at radius 2 is 1.79 bits per heavy atom. The molecule has 24 heavy (non-hydrogen) atoms. The molecule has 6 nitrogen and oxygen atoms in total. The molecule has 0 amide bonds. The number of aryl methyl sites for hydroxylation is 2. The van der Waals surface area contributed by atoms with Crippen molar-refractivity contribution in [1.29, 1.82) is 0 Å². The van der Waals surface area contributed by atoms with Gasteiger partial charge in [-0.05, 0) is 34.1 Å². The third-order valence-corrected chi connectivity index (χ3v) is 3.42. The number of nitrogens with one attached hydrogen (secondary N) is 3. The Hall–Kier alpha value is -0.830. The van der Waals surface area contributed by atoms with Crippen LogP contribution in [0.4, 0.5) is 0 Å². The lowest BCUT2D eigenvalue weighted by molar-refractivity contribution is 0.380. The van der Waals surface area contributed by atoms with Gasteiger partial charge in [0.25, 0.3) is 0 Å². The topological polar surface area (TPSA) is 74.5 Å². The number of aromatic nitrogens is 1. The fourth-order valence-electron chi connectivity index (χ4n) is 2.23. The van der Waals surface area contributed by atoms with Crippen LogP contribution in [0.5, 0.6) is 0 Å². The maximum absolute atomic E-state index is 5.39. The van der Waals surface area contributed by atoms with Crippen LogP contribution in [0.25, 0.3) is 0 Å². The lowest BCUT2D eigenvalue weighted by Crippen LogP contribution is -2.44. The number of hydrogen-bond donors (Lipinski definition) is 3. The molecule has 0 radical (unpaired) electrons. The molecule has 1 rings (SSSR count). The molecule has 0 aliphatic heterocycles. The van der Waals surface area contributed by atoms with Gasteiger partial charge in [0.05, 0.1) is 12.2 Å². The van der Waals surface area contributed by atoms with Gasteiger partial charge in [-0.1, -0.05) is 19.0 Å². The van der Waals surface area contributed by atoms with Crippen LogP contribution < -0.4 is 16.0 Å². The van der Waals surface area contributed by atoms with Crippen molar-refractivity contribution in [3.05, 3.63) is 17.0 Å². The van der Waals surface area contributed by atoms with Gasteiger partial charge in [0.15, 0.2) is 5.96 Å². The summed E-state index contributed by atoms with van der Waals surface area (Å²) in [6.45, 7) is 15.9. The molecular weight excluding hydrogens is 417 g/mol. The summed E-state index contributed by atoms with van der Waals surface area (Å²) in [5, 5.41) is 14.2. The Morgan fingerprint density at radius 3 is 2.33 bits per heavy atom. The molecule has 0 aromatic carbocycles. The van der Waals surface area contributed by atoms with Crippen molar-refractivity contribution in [3.8, 4) is 0 Å². The van der Waals surface area contributed by atoms with E-state index < -0.39 is 0 Å². The van der Waals surface area contributed by atoms with E-state index in [2.05, 4.69) is 67.6 Å². The minimum atomic E-state index is 0. The monoisotopic (exact) mass is 451 g/mol. The van der Waals surface area contributed by atoms with Crippen molar-refractivity contribution in [1.82, 2.24) is 21.1 Å². The Bertz CT molecular complexity index is 472. The van der Waals surface area contributed by atoms with Crippen LogP contribution in [-0.4, -0.2) is 36.3 Å². The van der Waals surface area contributed by atoms with E-state index in [9.17, 15) is 0 Å². The molecule has 1 heterocycles. The molecule has 1 aromatic rings. The summed E-state index contributed by atoms with van der Waals surface area (Å²) in [7, 11) is 0. The first-order chi connectivity index (χ1) is 10.9. The number of nitrogens with zero attached hydrogens (tertiary/aromatic N) is 2. The summed E-state index contributed by atoms with van der Waals surface area (Å²) in [5.74, 6) is 1.77. The summed E-state index contributed by atoms with van der Waals surface area (Å²) in [4.78, 5) is 4.67. The Kier molecular flexibility index (Phi) is 11.3. The van der Waals surface area contributed by atoms with Crippen LogP contribution in [0, 0.1) is 0 Å². The van der Waals surface area contributed by atoms with Gasteiger partial charge >= 0.3 is 0 Å². The minimum Gasteiger partial charge on any atom is -0.361 e. The summed E-state index contributed by atoms with van der Waals surface area (Å²) >= 11 is 0. The highest BCUT2D eigenvalue weighted by atomic mass is 127. The summed E-state index contributed by atoms with van der Waals surface area (Å²) in [5.41, 5.74) is 2.27. The number of guanidine groups is 1. The van der Waals surface area contributed by atoms with Gasteiger partial charge < -0.3 is 20.5 Å². The highest BCUT2D eigenvalue weighted by molar-refractivity contribution is 14.0.